The first-order chi connectivity index (χ1) is 9.34. The van der Waals surface area contributed by atoms with E-state index in [1.54, 1.807) is 12.4 Å². The zero-order valence-corrected chi connectivity index (χ0v) is 10.3. The molecule has 0 saturated carbocycles. The Balaban J connectivity index is 1.77. The fourth-order valence-corrected chi connectivity index (χ4v) is 2.03. The van der Waals surface area contributed by atoms with Gasteiger partial charge in [-0.05, 0) is 18.2 Å². The summed E-state index contributed by atoms with van der Waals surface area (Å²) in [6.07, 6.45) is 3.45. The highest BCUT2D eigenvalue weighted by molar-refractivity contribution is 6.06. The highest BCUT2D eigenvalue weighted by Crippen LogP contribution is 2.17. The summed E-state index contributed by atoms with van der Waals surface area (Å²) in [7, 11) is 0. The van der Waals surface area contributed by atoms with E-state index in [0.717, 1.165) is 16.6 Å². The van der Waals surface area contributed by atoms with E-state index < -0.39 is 0 Å². The Labute approximate surface area is 110 Å². The number of nitrogens with one attached hydrogen (secondary N) is 2. The molecular weight excluding hydrogens is 238 g/mol. The highest BCUT2D eigenvalue weighted by atomic mass is 16.1. The average Bonchev–Trinajstić information content (AvgIpc) is 2.90. The van der Waals surface area contributed by atoms with Crippen LogP contribution in [0.25, 0.3) is 10.9 Å². The van der Waals surface area contributed by atoms with Gasteiger partial charge in [0.1, 0.15) is 0 Å². The predicted molar refractivity (Wildman–Crippen MR) is 73.7 cm³/mol. The Hall–Kier alpha value is -2.62. The lowest BCUT2D eigenvalue weighted by atomic mass is 10.1. The van der Waals surface area contributed by atoms with Crippen LogP contribution in [0.15, 0.2) is 54.9 Å². The van der Waals surface area contributed by atoms with Gasteiger partial charge in [0, 0.05) is 23.3 Å². The van der Waals surface area contributed by atoms with Gasteiger partial charge in [-0.15, -0.1) is 0 Å². The van der Waals surface area contributed by atoms with E-state index in [4.69, 9.17) is 0 Å². The van der Waals surface area contributed by atoms with Crippen molar-refractivity contribution < 1.29 is 4.79 Å². The second-order valence-electron chi connectivity index (χ2n) is 4.25. The molecule has 0 aliphatic rings. The summed E-state index contributed by atoms with van der Waals surface area (Å²) in [6.45, 7) is 0.430. The minimum atomic E-state index is -0.0943. The molecule has 0 aliphatic carbocycles. The molecular formula is C15H13N3O. The van der Waals surface area contributed by atoms with E-state index in [9.17, 15) is 4.79 Å². The third-order valence-corrected chi connectivity index (χ3v) is 2.99. The van der Waals surface area contributed by atoms with Crippen molar-refractivity contribution in [2.75, 3.05) is 0 Å². The van der Waals surface area contributed by atoms with Crippen molar-refractivity contribution in [1.29, 1.82) is 0 Å². The molecule has 19 heavy (non-hydrogen) atoms. The summed E-state index contributed by atoms with van der Waals surface area (Å²) >= 11 is 0. The van der Waals surface area contributed by atoms with Crippen LogP contribution in [0, 0.1) is 0 Å². The molecule has 94 valence electrons. The molecule has 2 aromatic heterocycles. The van der Waals surface area contributed by atoms with Crippen LogP contribution in [0.3, 0.4) is 0 Å². The Morgan fingerprint density at radius 1 is 1.16 bits per heavy atom. The number of para-hydroxylation sites is 1. The number of hydrogen-bond acceptors (Lipinski definition) is 2. The second-order valence-corrected chi connectivity index (χ2v) is 4.25. The monoisotopic (exact) mass is 251 g/mol. The van der Waals surface area contributed by atoms with Gasteiger partial charge in [-0.3, -0.25) is 9.78 Å². The van der Waals surface area contributed by atoms with Crippen molar-refractivity contribution in [3.63, 3.8) is 0 Å². The standard InChI is InChI=1S/C15H13N3O/c19-15(18-9-11-5-3-4-8-16-11)13-10-17-14-7-2-1-6-12(13)14/h1-8,10,17H,9H2,(H,18,19). The fourth-order valence-electron chi connectivity index (χ4n) is 2.03. The lowest BCUT2D eigenvalue weighted by Crippen LogP contribution is -2.22. The van der Waals surface area contributed by atoms with Crippen molar-refractivity contribution in [3.05, 3.63) is 66.1 Å². The van der Waals surface area contributed by atoms with Gasteiger partial charge >= 0.3 is 0 Å². The number of benzene rings is 1. The maximum Gasteiger partial charge on any atom is 0.253 e. The molecule has 0 aliphatic heterocycles. The van der Waals surface area contributed by atoms with Crippen molar-refractivity contribution in [1.82, 2.24) is 15.3 Å². The molecule has 1 amide bonds. The van der Waals surface area contributed by atoms with Crippen molar-refractivity contribution >= 4 is 16.8 Å². The number of aromatic amines is 1. The fraction of sp³-hybridized carbons (Fsp3) is 0.0667. The van der Waals surface area contributed by atoms with E-state index in [2.05, 4.69) is 15.3 Å². The predicted octanol–water partition coefficient (Wildman–Crippen LogP) is 2.49. The Morgan fingerprint density at radius 2 is 2.00 bits per heavy atom. The first kappa shape index (κ1) is 11.5. The summed E-state index contributed by atoms with van der Waals surface area (Å²) in [5.74, 6) is -0.0943. The smallest absolute Gasteiger partial charge is 0.253 e. The minimum Gasteiger partial charge on any atom is -0.360 e. The molecule has 2 N–H and O–H groups in total. The van der Waals surface area contributed by atoms with Crippen LogP contribution in [0.4, 0.5) is 0 Å². The van der Waals surface area contributed by atoms with Crippen LogP contribution in [0.1, 0.15) is 16.1 Å². The average molecular weight is 251 g/mol. The van der Waals surface area contributed by atoms with Gasteiger partial charge in [0.05, 0.1) is 17.8 Å². The van der Waals surface area contributed by atoms with E-state index in [1.807, 2.05) is 42.5 Å². The van der Waals surface area contributed by atoms with E-state index in [1.165, 1.54) is 0 Å². The Bertz CT molecular complexity index is 703. The van der Waals surface area contributed by atoms with E-state index >= 15 is 0 Å². The topological polar surface area (TPSA) is 57.8 Å². The summed E-state index contributed by atoms with van der Waals surface area (Å²) in [5.41, 5.74) is 2.47. The highest BCUT2D eigenvalue weighted by Gasteiger charge is 2.10. The molecule has 0 unspecified atom stereocenters. The lowest BCUT2D eigenvalue weighted by Gasteiger charge is -2.03. The molecule has 0 saturated heterocycles. The number of hydrogen-bond donors (Lipinski definition) is 2. The van der Waals surface area contributed by atoms with Gasteiger partial charge in [-0.2, -0.15) is 0 Å². The van der Waals surface area contributed by atoms with Crippen LogP contribution in [0.5, 0.6) is 0 Å². The summed E-state index contributed by atoms with van der Waals surface area (Å²) in [6, 6.07) is 13.4. The Kier molecular flexibility index (Phi) is 2.98. The molecule has 2 heterocycles. The maximum atomic E-state index is 12.1. The number of amides is 1. The SMILES string of the molecule is O=C(NCc1ccccn1)c1c[nH]c2ccccc12. The van der Waals surface area contributed by atoms with Gasteiger partial charge in [-0.25, -0.2) is 0 Å². The minimum absolute atomic E-state index is 0.0943. The zero-order chi connectivity index (χ0) is 13.1. The molecule has 0 radical (unpaired) electrons. The molecule has 3 rings (SSSR count). The molecule has 0 atom stereocenters. The number of fused-ring (bicyclic) bond motifs is 1. The largest absolute Gasteiger partial charge is 0.360 e. The summed E-state index contributed by atoms with van der Waals surface area (Å²) in [5, 5.41) is 3.80. The van der Waals surface area contributed by atoms with Gasteiger partial charge in [0.25, 0.3) is 5.91 Å². The summed E-state index contributed by atoms with van der Waals surface area (Å²) in [4.78, 5) is 19.4. The first-order valence-corrected chi connectivity index (χ1v) is 6.09. The van der Waals surface area contributed by atoms with Crippen molar-refractivity contribution in [3.8, 4) is 0 Å². The maximum absolute atomic E-state index is 12.1. The Morgan fingerprint density at radius 3 is 2.84 bits per heavy atom. The van der Waals surface area contributed by atoms with Crippen LogP contribution in [0.2, 0.25) is 0 Å². The molecule has 4 heteroatoms. The quantitative estimate of drug-likeness (QED) is 0.751. The van der Waals surface area contributed by atoms with Crippen LogP contribution < -0.4 is 5.32 Å². The number of nitrogens with zero attached hydrogens (tertiary/aromatic N) is 1. The third kappa shape index (κ3) is 2.33. The molecule has 0 bridgehead atoms. The molecule has 1 aromatic carbocycles. The molecule has 0 fully saturated rings. The zero-order valence-electron chi connectivity index (χ0n) is 10.3. The normalized spacial score (nSPS) is 10.5. The number of carbonyl (C=O) groups excluding carboxylic acids is 1. The van der Waals surface area contributed by atoms with Crippen LogP contribution >= 0.6 is 0 Å². The van der Waals surface area contributed by atoms with Gasteiger partial charge in [0.2, 0.25) is 0 Å². The van der Waals surface area contributed by atoms with E-state index in [0.29, 0.717) is 12.1 Å². The van der Waals surface area contributed by atoms with Gasteiger partial charge in [0.15, 0.2) is 0 Å². The molecule has 3 aromatic rings. The number of carbonyl (C=O) groups is 1. The van der Waals surface area contributed by atoms with Crippen molar-refractivity contribution in [2.24, 2.45) is 0 Å². The number of H-pyrrole nitrogens is 1. The van der Waals surface area contributed by atoms with E-state index in [-0.39, 0.29) is 5.91 Å². The van der Waals surface area contributed by atoms with Gasteiger partial charge in [-0.1, -0.05) is 24.3 Å². The lowest BCUT2D eigenvalue weighted by molar-refractivity contribution is 0.0952. The third-order valence-electron chi connectivity index (χ3n) is 2.99. The molecule has 4 nitrogen and oxygen atoms in total. The van der Waals surface area contributed by atoms with Crippen molar-refractivity contribution in [2.45, 2.75) is 6.54 Å². The van der Waals surface area contributed by atoms with Gasteiger partial charge < -0.3 is 10.3 Å². The number of rotatable bonds is 3. The van der Waals surface area contributed by atoms with Crippen LogP contribution in [-0.4, -0.2) is 15.9 Å². The molecule has 0 spiro atoms. The van der Waals surface area contributed by atoms with Crippen LogP contribution in [-0.2, 0) is 6.54 Å². The first-order valence-electron chi connectivity index (χ1n) is 6.09. The summed E-state index contributed by atoms with van der Waals surface area (Å²) < 4.78 is 0. The number of pyridine rings is 1. The number of aromatic nitrogens is 2. The second kappa shape index (κ2) is 4.94.